The van der Waals surface area contributed by atoms with Crippen LogP contribution < -0.4 is 5.32 Å². The number of carbonyl (C=O) groups excluding carboxylic acids is 1. The van der Waals surface area contributed by atoms with Gasteiger partial charge in [0.2, 0.25) is 0 Å². The Bertz CT molecular complexity index is 492. The number of aromatic nitrogens is 1. The molecule has 7 heteroatoms. The van der Waals surface area contributed by atoms with Crippen molar-refractivity contribution in [3.05, 3.63) is 28.0 Å². The van der Waals surface area contributed by atoms with Crippen LogP contribution in [-0.4, -0.2) is 28.0 Å². The molecular weight excluding hydrogens is 291 g/mol. The van der Waals surface area contributed by atoms with Crippen LogP contribution >= 0.6 is 23.2 Å². The first-order chi connectivity index (χ1) is 8.81. The van der Waals surface area contributed by atoms with Gasteiger partial charge in [-0.3, -0.25) is 9.59 Å². The molecule has 0 aliphatic heterocycles. The number of nitrogens with one attached hydrogen (secondary N) is 1. The average Bonchev–Trinajstić information content (AvgIpc) is 2.26. The molecule has 0 bridgehead atoms. The van der Waals surface area contributed by atoms with Crippen LogP contribution in [0, 0.1) is 5.92 Å². The lowest BCUT2D eigenvalue weighted by molar-refractivity contribution is -0.137. The highest BCUT2D eigenvalue weighted by atomic mass is 35.5. The molecule has 0 saturated carbocycles. The monoisotopic (exact) mass is 304 g/mol. The molecular formula is C12H14Cl2N2O3. The number of pyridine rings is 1. The van der Waals surface area contributed by atoms with E-state index in [1.165, 1.54) is 12.1 Å². The van der Waals surface area contributed by atoms with E-state index in [0.29, 0.717) is 0 Å². The molecule has 1 unspecified atom stereocenters. The van der Waals surface area contributed by atoms with Gasteiger partial charge in [-0.2, -0.15) is 0 Å². The van der Waals surface area contributed by atoms with Gasteiger partial charge < -0.3 is 10.4 Å². The number of aliphatic carboxylic acids is 1. The largest absolute Gasteiger partial charge is 0.481 e. The van der Waals surface area contributed by atoms with E-state index in [4.69, 9.17) is 28.3 Å². The molecule has 1 aromatic rings. The molecule has 0 radical (unpaired) electrons. The molecule has 1 atom stereocenters. The third kappa shape index (κ3) is 4.69. The lowest BCUT2D eigenvalue weighted by Gasteiger charge is -2.20. The zero-order valence-corrected chi connectivity index (χ0v) is 12.0. The lowest BCUT2D eigenvalue weighted by Crippen LogP contribution is -2.40. The molecule has 1 aromatic heterocycles. The number of halogens is 2. The maximum atomic E-state index is 12.0. The Hall–Kier alpha value is -1.33. The van der Waals surface area contributed by atoms with Gasteiger partial charge in [-0.25, -0.2) is 4.98 Å². The van der Waals surface area contributed by atoms with Gasteiger partial charge in [-0.1, -0.05) is 37.0 Å². The Kier molecular flexibility index (Phi) is 5.57. The van der Waals surface area contributed by atoms with Crippen LogP contribution in [0.2, 0.25) is 10.3 Å². The zero-order chi connectivity index (χ0) is 14.6. The Morgan fingerprint density at radius 1 is 1.37 bits per heavy atom. The molecule has 0 aliphatic carbocycles. The van der Waals surface area contributed by atoms with Gasteiger partial charge in [0, 0.05) is 6.04 Å². The van der Waals surface area contributed by atoms with Gasteiger partial charge in [0.1, 0.15) is 10.3 Å². The van der Waals surface area contributed by atoms with Gasteiger partial charge in [0.05, 0.1) is 12.0 Å². The minimum absolute atomic E-state index is 0.0113. The third-order valence-electron chi connectivity index (χ3n) is 2.58. The van der Waals surface area contributed by atoms with E-state index in [1.54, 1.807) is 0 Å². The number of carboxylic acid groups (broad SMARTS) is 1. The van der Waals surface area contributed by atoms with Crippen LogP contribution in [0.3, 0.4) is 0 Å². The molecule has 0 aromatic carbocycles. The van der Waals surface area contributed by atoms with Gasteiger partial charge in [0.25, 0.3) is 5.91 Å². The predicted octanol–water partition coefficient (Wildman–Crippen LogP) is 2.62. The Morgan fingerprint density at radius 3 is 2.47 bits per heavy atom. The summed E-state index contributed by atoms with van der Waals surface area (Å²) >= 11 is 11.5. The quantitative estimate of drug-likeness (QED) is 0.820. The van der Waals surface area contributed by atoms with Gasteiger partial charge in [0.15, 0.2) is 0 Å². The normalized spacial score (nSPS) is 12.3. The van der Waals surface area contributed by atoms with E-state index < -0.39 is 17.9 Å². The summed E-state index contributed by atoms with van der Waals surface area (Å²) in [7, 11) is 0. The summed E-state index contributed by atoms with van der Waals surface area (Å²) in [5, 5.41) is 11.6. The molecule has 104 valence electrons. The number of hydrogen-bond donors (Lipinski definition) is 2. The maximum absolute atomic E-state index is 12.0. The van der Waals surface area contributed by atoms with Crippen molar-refractivity contribution >= 4 is 35.1 Å². The molecule has 1 amide bonds. The van der Waals surface area contributed by atoms with Gasteiger partial charge >= 0.3 is 5.97 Å². The molecule has 2 N–H and O–H groups in total. The van der Waals surface area contributed by atoms with Crippen LogP contribution in [0.15, 0.2) is 12.1 Å². The van der Waals surface area contributed by atoms with Crippen LogP contribution in [0.1, 0.15) is 30.6 Å². The Balaban J connectivity index is 2.84. The standard InChI is InChI=1S/C12H14Cl2N2O3/c1-6(2)8(5-10(17)18)15-12(19)7-3-4-9(13)16-11(7)14/h3-4,6,8H,5H2,1-2H3,(H,15,19)(H,17,18). The van der Waals surface area contributed by atoms with Gasteiger partial charge in [-0.05, 0) is 18.1 Å². The van der Waals surface area contributed by atoms with Crippen LogP contribution in [0.5, 0.6) is 0 Å². The SMILES string of the molecule is CC(C)C(CC(=O)O)NC(=O)c1ccc(Cl)nc1Cl. The highest BCUT2D eigenvalue weighted by Crippen LogP contribution is 2.17. The number of carboxylic acids is 1. The van der Waals surface area contributed by atoms with Crippen molar-refractivity contribution in [1.29, 1.82) is 0 Å². The first kappa shape index (κ1) is 15.7. The summed E-state index contributed by atoms with van der Waals surface area (Å²) in [4.78, 5) is 26.5. The second-order valence-corrected chi connectivity index (χ2v) is 5.14. The van der Waals surface area contributed by atoms with E-state index in [-0.39, 0.29) is 28.2 Å². The highest BCUT2D eigenvalue weighted by Gasteiger charge is 2.21. The summed E-state index contributed by atoms with van der Waals surface area (Å²) in [6.45, 7) is 3.66. The van der Waals surface area contributed by atoms with Crippen molar-refractivity contribution in [3.63, 3.8) is 0 Å². The highest BCUT2D eigenvalue weighted by molar-refractivity contribution is 6.34. The van der Waals surface area contributed by atoms with E-state index in [1.807, 2.05) is 13.8 Å². The molecule has 0 spiro atoms. The van der Waals surface area contributed by atoms with Crippen LogP contribution in [0.4, 0.5) is 0 Å². The number of hydrogen-bond acceptors (Lipinski definition) is 3. The molecule has 19 heavy (non-hydrogen) atoms. The van der Waals surface area contributed by atoms with Crippen molar-refractivity contribution in [2.45, 2.75) is 26.3 Å². The number of amides is 1. The molecule has 0 fully saturated rings. The Labute approximate surface area is 120 Å². The van der Waals surface area contributed by atoms with Crippen molar-refractivity contribution in [3.8, 4) is 0 Å². The predicted molar refractivity (Wildman–Crippen MR) is 72.6 cm³/mol. The summed E-state index contributed by atoms with van der Waals surface area (Å²) in [6, 6.07) is 2.42. The first-order valence-electron chi connectivity index (χ1n) is 5.66. The number of nitrogens with zero attached hydrogens (tertiary/aromatic N) is 1. The average molecular weight is 305 g/mol. The van der Waals surface area contributed by atoms with Gasteiger partial charge in [-0.15, -0.1) is 0 Å². The van der Waals surface area contributed by atoms with E-state index in [9.17, 15) is 9.59 Å². The first-order valence-corrected chi connectivity index (χ1v) is 6.41. The summed E-state index contributed by atoms with van der Waals surface area (Å²) < 4.78 is 0. The van der Waals surface area contributed by atoms with Crippen molar-refractivity contribution in [2.75, 3.05) is 0 Å². The smallest absolute Gasteiger partial charge is 0.305 e. The fraction of sp³-hybridized carbons (Fsp3) is 0.417. The van der Waals surface area contributed by atoms with Crippen molar-refractivity contribution in [1.82, 2.24) is 10.3 Å². The summed E-state index contributed by atoms with van der Waals surface area (Å²) in [5.74, 6) is -1.45. The molecule has 5 nitrogen and oxygen atoms in total. The molecule has 1 heterocycles. The topological polar surface area (TPSA) is 79.3 Å². The zero-order valence-electron chi connectivity index (χ0n) is 10.5. The molecule has 0 saturated heterocycles. The Morgan fingerprint density at radius 2 is 2.00 bits per heavy atom. The minimum Gasteiger partial charge on any atom is -0.481 e. The summed E-state index contributed by atoms with van der Waals surface area (Å²) in [5.41, 5.74) is 0.169. The van der Waals surface area contributed by atoms with Crippen molar-refractivity contribution < 1.29 is 14.7 Å². The lowest BCUT2D eigenvalue weighted by atomic mass is 10.0. The number of rotatable bonds is 5. The molecule has 0 aliphatic rings. The second-order valence-electron chi connectivity index (χ2n) is 4.39. The fourth-order valence-electron chi connectivity index (χ4n) is 1.47. The van der Waals surface area contributed by atoms with Crippen molar-refractivity contribution in [2.24, 2.45) is 5.92 Å². The molecule has 1 rings (SSSR count). The van der Waals surface area contributed by atoms with E-state index in [0.717, 1.165) is 0 Å². The van der Waals surface area contributed by atoms with Crippen LogP contribution in [0.25, 0.3) is 0 Å². The maximum Gasteiger partial charge on any atom is 0.305 e. The third-order valence-corrected chi connectivity index (χ3v) is 3.07. The van der Waals surface area contributed by atoms with E-state index >= 15 is 0 Å². The van der Waals surface area contributed by atoms with Crippen LogP contribution in [-0.2, 0) is 4.79 Å². The summed E-state index contributed by atoms with van der Waals surface area (Å²) in [6.07, 6.45) is -0.151. The minimum atomic E-state index is -0.973. The number of carbonyl (C=O) groups is 2. The second kappa shape index (κ2) is 6.73. The fourth-order valence-corrected chi connectivity index (χ4v) is 1.90. The van der Waals surface area contributed by atoms with E-state index in [2.05, 4.69) is 10.3 Å².